The third kappa shape index (κ3) is 1.93. The van der Waals surface area contributed by atoms with Crippen LogP contribution in [0.5, 0.6) is 0 Å². The second-order valence-electron chi connectivity index (χ2n) is 3.99. The molecule has 1 rings (SSSR count). The predicted octanol–water partition coefficient (Wildman–Crippen LogP) is 1.83. The maximum Gasteiger partial charge on any atom is 0.143 e. The van der Waals surface area contributed by atoms with Crippen LogP contribution in [0.25, 0.3) is 0 Å². The lowest BCUT2D eigenvalue weighted by molar-refractivity contribution is -0.130. The lowest BCUT2D eigenvalue weighted by Crippen LogP contribution is -2.28. The molecule has 0 aromatic carbocycles. The molecule has 0 bridgehead atoms. The van der Waals surface area contributed by atoms with Crippen molar-refractivity contribution in [3.8, 4) is 0 Å². The Morgan fingerprint density at radius 1 is 1.50 bits per heavy atom. The highest BCUT2D eigenvalue weighted by Gasteiger charge is 2.29. The zero-order chi connectivity index (χ0) is 9.14. The fourth-order valence-electron chi connectivity index (χ4n) is 1.83. The molecule has 2 heteroatoms. The standard InChI is InChI=1S/C10H16O2/c1-7(2)8-3-4-10(12)9(5-8)6-11/h6-9H,3-5H2,1-2H3. The van der Waals surface area contributed by atoms with Gasteiger partial charge in [-0.25, -0.2) is 0 Å². The number of hydrogen-bond donors (Lipinski definition) is 0. The van der Waals surface area contributed by atoms with Gasteiger partial charge in [0.1, 0.15) is 12.1 Å². The molecule has 0 spiro atoms. The third-order valence-corrected chi connectivity index (χ3v) is 2.84. The molecular weight excluding hydrogens is 152 g/mol. The van der Waals surface area contributed by atoms with Crippen LogP contribution in [-0.4, -0.2) is 12.1 Å². The summed E-state index contributed by atoms with van der Waals surface area (Å²) < 4.78 is 0. The molecule has 2 atom stereocenters. The Morgan fingerprint density at radius 3 is 2.67 bits per heavy atom. The Hall–Kier alpha value is -0.660. The Balaban J connectivity index is 2.55. The number of ketones is 1. The molecular formula is C10H16O2. The molecule has 68 valence electrons. The number of carbonyl (C=O) groups is 2. The van der Waals surface area contributed by atoms with E-state index in [4.69, 9.17) is 0 Å². The summed E-state index contributed by atoms with van der Waals surface area (Å²) >= 11 is 0. The van der Waals surface area contributed by atoms with E-state index in [1.807, 2.05) is 0 Å². The van der Waals surface area contributed by atoms with Crippen molar-refractivity contribution >= 4 is 12.1 Å². The number of aldehydes is 1. The first kappa shape index (κ1) is 9.43. The Labute approximate surface area is 73.3 Å². The monoisotopic (exact) mass is 168 g/mol. The van der Waals surface area contributed by atoms with E-state index in [0.29, 0.717) is 18.3 Å². The first-order valence-electron chi connectivity index (χ1n) is 4.63. The molecule has 0 saturated heterocycles. The molecule has 0 amide bonds. The smallest absolute Gasteiger partial charge is 0.143 e. The van der Waals surface area contributed by atoms with Crippen molar-refractivity contribution in [2.45, 2.75) is 33.1 Å². The highest BCUT2D eigenvalue weighted by atomic mass is 16.1. The molecule has 0 aromatic rings. The van der Waals surface area contributed by atoms with Crippen molar-refractivity contribution in [1.82, 2.24) is 0 Å². The molecule has 0 heterocycles. The summed E-state index contributed by atoms with van der Waals surface area (Å²) in [6.45, 7) is 4.31. The van der Waals surface area contributed by atoms with Crippen LogP contribution in [0.1, 0.15) is 33.1 Å². The molecule has 0 aliphatic heterocycles. The first-order valence-corrected chi connectivity index (χ1v) is 4.63. The molecule has 1 aliphatic carbocycles. The number of carbonyl (C=O) groups excluding carboxylic acids is 2. The van der Waals surface area contributed by atoms with Crippen molar-refractivity contribution in [3.05, 3.63) is 0 Å². The van der Waals surface area contributed by atoms with Gasteiger partial charge >= 0.3 is 0 Å². The summed E-state index contributed by atoms with van der Waals surface area (Å²) in [4.78, 5) is 21.7. The lowest BCUT2D eigenvalue weighted by Gasteiger charge is -2.27. The second kappa shape index (κ2) is 3.83. The van der Waals surface area contributed by atoms with E-state index in [0.717, 1.165) is 19.1 Å². The summed E-state index contributed by atoms with van der Waals surface area (Å²) in [5.74, 6) is 1.01. The van der Waals surface area contributed by atoms with E-state index in [-0.39, 0.29) is 11.7 Å². The zero-order valence-electron chi connectivity index (χ0n) is 7.75. The number of Topliss-reactive ketones (excluding diaryl/α,β-unsaturated/α-hetero) is 1. The van der Waals surface area contributed by atoms with Crippen molar-refractivity contribution in [3.63, 3.8) is 0 Å². The molecule has 2 nitrogen and oxygen atoms in total. The molecule has 0 aromatic heterocycles. The summed E-state index contributed by atoms with van der Waals surface area (Å²) in [6.07, 6.45) is 3.17. The average Bonchev–Trinajstić information content (AvgIpc) is 2.05. The Morgan fingerprint density at radius 2 is 2.17 bits per heavy atom. The fourth-order valence-corrected chi connectivity index (χ4v) is 1.83. The minimum atomic E-state index is -0.300. The lowest BCUT2D eigenvalue weighted by atomic mass is 9.76. The van der Waals surface area contributed by atoms with Crippen LogP contribution in [0.4, 0.5) is 0 Å². The maximum absolute atomic E-state index is 11.2. The zero-order valence-corrected chi connectivity index (χ0v) is 7.75. The summed E-state index contributed by atoms with van der Waals surface area (Å²) in [5.41, 5.74) is 0. The largest absolute Gasteiger partial charge is 0.303 e. The third-order valence-electron chi connectivity index (χ3n) is 2.84. The van der Waals surface area contributed by atoms with Crippen molar-refractivity contribution in [1.29, 1.82) is 0 Å². The van der Waals surface area contributed by atoms with Crippen LogP contribution in [0.3, 0.4) is 0 Å². The van der Waals surface area contributed by atoms with Gasteiger partial charge in [0, 0.05) is 6.42 Å². The van der Waals surface area contributed by atoms with E-state index >= 15 is 0 Å². The van der Waals surface area contributed by atoms with E-state index in [9.17, 15) is 9.59 Å². The van der Waals surface area contributed by atoms with Gasteiger partial charge in [0.15, 0.2) is 0 Å². The van der Waals surface area contributed by atoms with Gasteiger partial charge in [0.05, 0.1) is 5.92 Å². The number of rotatable bonds is 2. The quantitative estimate of drug-likeness (QED) is 0.465. The molecule has 1 fully saturated rings. The van der Waals surface area contributed by atoms with E-state index in [1.165, 1.54) is 0 Å². The van der Waals surface area contributed by atoms with Crippen LogP contribution in [-0.2, 0) is 9.59 Å². The summed E-state index contributed by atoms with van der Waals surface area (Å²) in [5, 5.41) is 0. The van der Waals surface area contributed by atoms with Crippen LogP contribution < -0.4 is 0 Å². The van der Waals surface area contributed by atoms with Crippen LogP contribution in [0.15, 0.2) is 0 Å². The van der Waals surface area contributed by atoms with Gasteiger partial charge in [-0.2, -0.15) is 0 Å². The molecule has 12 heavy (non-hydrogen) atoms. The normalized spacial score (nSPS) is 30.8. The summed E-state index contributed by atoms with van der Waals surface area (Å²) in [7, 11) is 0. The summed E-state index contributed by atoms with van der Waals surface area (Å²) in [6, 6.07) is 0. The van der Waals surface area contributed by atoms with Crippen molar-refractivity contribution in [2.75, 3.05) is 0 Å². The minimum Gasteiger partial charge on any atom is -0.303 e. The minimum absolute atomic E-state index is 0.141. The molecule has 0 radical (unpaired) electrons. The van der Waals surface area contributed by atoms with Gasteiger partial charge in [0.2, 0.25) is 0 Å². The predicted molar refractivity (Wildman–Crippen MR) is 46.7 cm³/mol. The van der Waals surface area contributed by atoms with Gasteiger partial charge in [-0.1, -0.05) is 13.8 Å². The van der Waals surface area contributed by atoms with E-state index in [1.54, 1.807) is 0 Å². The van der Waals surface area contributed by atoms with Crippen molar-refractivity contribution in [2.24, 2.45) is 17.8 Å². The topological polar surface area (TPSA) is 34.1 Å². The molecule has 1 aliphatic rings. The fraction of sp³-hybridized carbons (Fsp3) is 0.800. The first-order chi connectivity index (χ1) is 5.65. The van der Waals surface area contributed by atoms with Gasteiger partial charge in [-0.15, -0.1) is 0 Å². The SMILES string of the molecule is CC(C)C1CCC(=O)C(C=O)C1. The van der Waals surface area contributed by atoms with Crippen molar-refractivity contribution < 1.29 is 9.59 Å². The number of hydrogen-bond acceptors (Lipinski definition) is 2. The second-order valence-corrected chi connectivity index (χ2v) is 3.99. The van der Waals surface area contributed by atoms with E-state index < -0.39 is 0 Å². The molecule has 1 saturated carbocycles. The van der Waals surface area contributed by atoms with Gasteiger partial charge < -0.3 is 4.79 Å². The van der Waals surface area contributed by atoms with Gasteiger partial charge in [-0.05, 0) is 24.7 Å². The van der Waals surface area contributed by atoms with Crippen LogP contribution in [0.2, 0.25) is 0 Å². The highest BCUT2D eigenvalue weighted by Crippen LogP contribution is 2.30. The van der Waals surface area contributed by atoms with E-state index in [2.05, 4.69) is 13.8 Å². The van der Waals surface area contributed by atoms with Crippen LogP contribution >= 0.6 is 0 Å². The molecule has 2 unspecified atom stereocenters. The highest BCUT2D eigenvalue weighted by molar-refractivity contribution is 5.93. The van der Waals surface area contributed by atoms with Gasteiger partial charge in [0.25, 0.3) is 0 Å². The Bertz CT molecular complexity index is 184. The molecule has 0 N–H and O–H groups in total. The average molecular weight is 168 g/mol. The van der Waals surface area contributed by atoms with Gasteiger partial charge in [-0.3, -0.25) is 4.79 Å². The Kier molecular flexibility index (Phi) is 3.01. The maximum atomic E-state index is 11.2. The van der Waals surface area contributed by atoms with Crippen LogP contribution in [0, 0.1) is 17.8 Å².